The van der Waals surface area contributed by atoms with Crippen LogP contribution in [0.2, 0.25) is 0 Å². The lowest BCUT2D eigenvalue weighted by Gasteiger charge is -2.35. The van der Waals surface area contributed by atoms with Gasteiger partial charge in [0, 0.05) is 45.8 Å². The molecule has 2 aromatic carbocycles. The van der Waals surface area contributed by atoms with Crippen molar-refractivity contribution in [3.05, 3.63) is 75.6 Å². The van der Waals surface area contributed by atoms with Gasteiger partial charge in [0.1, 0.15) is 6.33 Å². The zero-order valence-electron chi connectivity index (χ0n) is 19.3. The summed E-state index contributed by atoms with van der Waals surface area (Å²) in [6.45, 7) is 5.23. The third kappa shape index (κ3) is 4.21. The summed E-state index contributed by atoms with van der Waals surface area (Å²) in [7, 11) is 0. The molecule has 10 nitrogen and oxygen atoms in total. The summed E-state index contributed by atoms with van der Waals surface area (Å²) in [6.07, 6.45) is 2.29. The first-order valence-corrected chi connectivity index (χ1v) is 11.8. The first-order chi connectivity index (χ1) is 17.2. The van der Waals surface area contributed by atoms with E-state index in [0.29, 0.717) is 37.8 Å². The van der Waals surface area contributed by atoms with Gasteiger partial charge in [0.15, 0.2) is 11.5 Å². The normalized spacial score (nSPS) is 17.4. The van der Waals surface area contributed by atoms with E-state index in [2.05, 4.69) is 33.1 Å². The van der Waals surface area contributed by atoms with E-state index in [0.717, 1.165) is 43.1 Å². The molecule has 10 heteroatoms. The van der Waals surface area contributed by atoms with Crippen molar-refractivity contribution in [3.63, 3.8) is 0 Å². The molecule has 6 rings (SSSR count). The third-order valence-electron chi connectivity index (χ3n) is 6.91. The fourth-order valence-electron chi connectivity index (χ4n) is 5.08. The van der Waals surface area contributed by atoms with Crippen LogP contribution in [-0.2, 0) is 19.5 Å². The summed E-state index contributed by atoms with van der Waals surface area (Å²) in [6, 6.07) is 14.3. The van der Waals surface area contributed by atoms with Crippen molar-refractivity contribution in [2.75, 3.05) is 49.3 Å². The molecular weight excluding hydrogens is 448 g/mol. The van der Waals surface area contributed by atoms with Crippen LogP contribution in [0.5, 0.6) is 11.5 Å². The van der Waals surface area contributed by atoms with Gasteiger partial charge in [-0.15, -0.1) is 0 Å². The Balaban J connectivity index is 1.18. The van der Waals surface area contributed by atoms with Crippen LogP contribution in [0.4, 0.5) is 17.3 Å². The molecule has 3 aliphatic rings. The average molecular weight is 475 g/mol. The van der Waals surface area contributed by atoms with Crippen molar-refractivity contribution in [1.29, 1.82) is 0 Å². The average Bonchev–Trinajstić information content (AvgIpc) is 3.36. The monoisotopic (exact) mass is 474 g/mol. The molecule has 0 N–H and O–H groups in total. The Morgan fingerprint density at radius 1 is 0.886 bits per heavy atom. The first kappa shape index (κ1) is 21.6. The van der Waals surface area contributed by atoms with Crippen molar-refractivity contribution in [2.45, 2.75) is 19.5 Å². The van der Waals surface area contributed by atoms with Crippen LogP contribution < -0.4 is 19.3 Å². The Labute approximate surface area is 202 Å². The summed E-state index contributed by atoms with van der Waals surface area (Å²) in [4.78, 5) is 27.0. The Bertz CT molecular complexity index is 1260. The van der Waals surface area contributed by atoms with Crippen molar-refractivity contribution < 1.29 is 14.4 Å². The van der Waals surface area contributed by atoms with Crippen molar-refractivity contribution in [3.8, 4) is 11.5 Å². The maximum absolute atomic E-state index is 12.2. The van der Waals surface area contributed by atoms with Crippen LogP contribution in [0, 0.1) is 10.1 Å². The number of nitrogens with zero attached hydrogens (tertiary/aromatic N) is 6. The van der Waals surface area contributed by atoms with Crippen LogP contribution >= 0.6 is 0 Å². The van der Waals surface area contributed by atoms with E-state index in [1.165, 1.54) is 17.5 Å². The van der Waals surface area contributed by atoms with Crippen LogP contribution in [0.25, 0.3) is 0 Å². The molecule has 180 valence electrons. The van der Waals surface area contributed by atoms with Gasteiger partial charge in [-0.05, 0) is 35.2 Å². The molecule has 1 fully saturated rings. The number of benzene rings is 2. The second-order valence-corrected chi connectivity index (χ2v) is 9.02. The molecule has 0 radical (unpaired) electrons. The number of hydrogen-bond donors (Lipinski definition) is 0. The Kier molecular flexibility index (Phi) is 5.57. The van der Waals surface area contributed by atoms with Gasteiger partial charge < -0.3 is 19.3 Å². The Morgan fingerprint density at radius 3 is 2.43 bits per heavy atom. The van der Waals surface area contributed by atoms with Crippen LogP contribution in [0.15, 0.2) is 48.8 Å². The number of rotatable bonds is 5. The minimum absolute atomic E-state index is 0.00361. The van der Waals surface area contributed by atoms with E-state index in [9.17, 15) is 10.1 Å². The number of ether oxygens (including phenoxy) is 2. The lowest BCUT2D eigenvalue weighted by molar-refractivity contribution is -0.383. The van der Waals surface area contributed by atoms with Gasteiger partial charge >= 0.3 is 5.69 Å². The largest absolute Gasteiger partial charge is 0.454 e. The number of piperazine rings is 1. The molecule has 0 saturated carbocycles. The fourth-order valence-corrected chi connectivity index (χ4v) is 5.08. The standard InChI is InChI=1S/C25H26N6O4/c32-31(33)23-24(26-16-27-25(23)30-8-7-19-3-1-2-4-20(19)15-30)29-11-9-28(10-12-29)14-18-5-6-21-22(13-18)35-17-34-21/h1-6,13,16H,7-12,14-15,17H2. The molecular formula is C25H26N6O4. The number of nitro groups is 1. The highest BCUT2D eigenvalue weighted by molar-refractivity contribution is 5.71. The highest BCUT2D eigenvalue weighted by Crippen LogP contribution is 2.37. The lowest BCUT2D eigenvalue weighted by atomic mass is 10.00. The van der Waals surface area contributed by atoms with Crippen LogP contribution in [0.3, 0.4) is 0 Å². The van der Waals surface area contributed by atoms with Crippen LogP contribution in [-0.4, -0.2) is 59.3 Å². The number of aromatic nitrogens is 2. The maximum Gasteiger partial charge on any atom is 0.353 e. The van der Waals surface area contributed by atoms with E-state index in [1.54, 1.807) is 0 Å². The van der Waals surface area contributed by atoms with E-state index in [-0.39, 0.29) is 17.4 Å². The lowest BCUT2D eigenvalue weighted by Crippen LogP contribution is -2.46. The molecule has 0 unspecified atom stereocenters. The van der Waals surface area contributed by atoms with Gasteiger partial charge in [0.05, 0.1) is 4.92 Å². The first-order valence-electron chi connectivity index (χ1n) is 11.8. The van der Waals surface area contributed by atoms with Gasteiger partial charge in [-0.1, -0.05) is 30.3 Å². The zero-order chi connectivity index (χ0) is 23.8. The molecule has 0 spiro atoms. The van der Waals surface area contributed by atoms with Gasteiger partial charge in [-0.3, -0.25) is 15.0 Å². The number of anilines is 2. The summed E-state index contributed by atoms with van der Waals surface area (Å²) < 4.78 is 10.9. The minimum atomic E-state index is -0.329. The van der Waals surface area contributed by atoms with E-state index in [1.807, 2.05) is 34.1 Å². The van der Waals surface area contributed by atoms with Crippen molar-refractivity contribution in [1.82, 2.24) is 14.9 Å². The molecule has 1 aromatic heterocycles. The number of hydrogen-bond acceptors (Lipinski definition) is 9. The van der Waals surface area contributed by atoms with Gasteiger partial charge in [0.25, 0.3) is 0 Å². The molecule has 0 aliphatic carbocycles. The summed E-state index contributed by atoms with van der Waals surface area (Å²) in [5, 5.41) is 12.2. The van der Waals surface area contributed by atoms with Gasteiger partial charge in [-0.2, -0.15) is 0 Å². The van der Waals surface area contributed by atoms with Gasteiger partial charge in [0.2, 0.25) is 18.4 Å². The third-order valence-corrected chi connectivity index (χ3v) is 6.91. The molecule has 0 amide bonds. The second-order valence-electron chi connectivity index (χ2n) is 9.02. The predicted molar refractivity (Wildman–Crippen MR) is 130 cm³/mol. The summed E-state index contributed by atoms with van der Waals surface area (Å²) >= 11 is 0. The molecule has 0 atom stereocenters. The van der Waals surface area contributed by atoms with E-state index in [4.69, 9.17) is 9.47 Å². The summed E-state index contributed by atoms with van der Waals surface area (Å²) in [5.41, 5.74) is 3.63. The topological polar surface area (TPSA) is 97.1 Å². The Morgan fingerprint density at radius 2 is 1.63 bits per heavy atom. The maximum atomic E-state index is 12.2. The molecule has 4 heterocycles. The van der Waals surface area contributed by atoms with E-state index < -0.39 is 0 Å². The molecule has 3 aromatic rings. The molecule has 0 bridgehead atoms. The Hall–Kier alpha value is -3.92. The number of fused-ring (bicyclic) bond motifs is 2. The minimum Gasteiger partial charge on any atom is -0.454 e. The summed E-state index contributed by atoms with van der Waals surface area (Å²) in [5.74, 6) is 2.37. The van der Waals surface area contributed by atoms with E-state index >= 15 is 0 Å². The molecule has 1 saturated heterocycles. The molecule has 35 heavy (non-hydrogen) atoms. The SMILES string of the molecule is O=[N+]([O-])c1c(N2CCN(Cc3ccc4c(c3)OCO4)CC2)ncnc1N1CCc2ccccc2C1. The predicted octanol–water partition coefficient (Wildman–Crippen LogP) is 3.00. The zero-order valence-corrected chi connectivity index (χ0v) is 19.3. The van der Waals surface area contributed by atoms with Crippen molar-refractivity contribution >= 4 is 17.3 Å². The molecule has 3 aliphatic heterocycles. The van der Waals surface area contributed by atoms with Crippen molar-refractivity contribution in [2.24, 2.45) is 0 Å². The van der Waals surface area contributed by atoms with Crippen LogP contribution in [0.1, 0.15) is 16.7 Å². The highest BCUT2D eigenvalue weighted by Gasteiger charge is 2.32. The smallest absolute Gasteiger partial charge is 0.353 e. The highest BCUT2D eigenvalue weighted by atomic mass is 16.7. The quantitative estimate of drug-likeness (QED) is 0.408. The van der Waals surface area contributed by atoms with Gasteiger partial charge in [-0.25, -0.2) is 9.97 Å². The fraction of sp³-hybridized carbons (Fsp3) is 0.360. The second kappa shape index (κ2) is 9.03.